The minimum atomic E-state index is 0.155. The van der Waals surface area contributed by atoms with Crippen LogP contribution in [0, 0.1) is 28.1 Å². The zero-order valence-corrected chi connectivity index (χ0v) is 17.0. The van der Waals surface area contributed by atoms with Gasteiger partial charge in [0.1, 0.15) is 0 Å². The molecule has 144 valence electrons. The van der Waals surface area contributed by atoms with Gasteiger partial charge in [0.2, 0.25) is 0 Å². The topological polar surface area (TPSA) is 30.0 Å². The molecule has 0 aromatic carbocycles. The van der Waals surface area contributed by atoms with Gasteiger partial charge in [-0.05, 0) is 84.5 Å². The van der Waals surface area contributed by atoms with Crippen LogP contribution in [0.3, 0.4) is 0 Å². The molecule has 5 aliphatic rings. The zero-order chi connectivity index (χ0) is 19.1. The third-order valence-electron chi connectivity index (χ3n) is 9.14. The van der Waals surface area contributed by atoms with Gasteiger partial charge in [0.15, 0.2) is 5.78 Å². The van der Waals surface area contributed by atoms with Crippen molar-refractivity contribution in [2.24, 2.45) is 28.1 Å². The molecule has 1 heterocycles. The average Bonchev–Trinajstić information content (AvgIpc) is 3.37. The molecule has 0 aliphatic heterocycles. The molecule has 0 N–H and O–H groups in total. The van der Waals surface area contributed by atoms with Gasteiger partial charge in [-0.15, -0.1) is 0 Å². The summed E-state index contributed by atoms with van der Waals surface area (Å²) in [7, 11) is 0. The van der Waals surface area contributed by atoms with Gasteiger partial charge in [-0.2, -0.15) is 0 Å². The Hall–Kier alpha value is -1.96. The summed E-state index contributed by atoms with van der Waals surface area (Å²) in [5.41, 5.74) is 6.67. The van der Waals surface area contributed by atoms with Crippen molar-refractivity contribution in [2.75, 3.05) is 0 Å². The Bertz CT molecular complexity index is 963. The van der Waals surface area contributed by atoms with Gasteiger partial charge in [-0.3, -0.25) is 9.78 Å². The number of ketones is 1. The van der Waals surface area contributed by atoms with Crippen LogP contribution in [0.4, 0.5) is 0 Å². The van der Waals surface area contributed by atoms with E-state index in [2.05, 4.69) is 49.2 Å². The van der Waals surface area contributed by atoms with E-state index in [1.54, 1.807) is 11.1 Å². The minimum absolute atomic E-state index is 0.155. The number of rotatable bonds is 1. The summed E-state index contributed by atoms with van der Waals surface area (Å²) in [6.07, 6.45) is 19.0. The van der Waals surface area contributed by atoms with Crippen LogP contribution in [-0.2, 0) is 4.79 Å². The second-order valence-electron chi connectivity index (χ2n) is 10.5. The fraction of sp³-hybridized carbons (Fsp3) is 0.538. The number of carbonyl (C=O) groups excluding carboxylic acids is 1. The normalized spacial score (nSPS) is 40.1. The van der Waals surface area contributed by atoms with Crippen LogP contribution in [0.1, 0.15) is 64.4 Å². The number of allylic oxidation sites excluding steroid dienone is 6. The molecule has 1 aromatic rings. The van der Waals surface area contributed by atoms with E-state index < -0.39 is 0 Å². The van der Waals surface area contributed by atoms with Crippen LogP contribution in [0.15, 0.2) is 53.9 Å². The molecule has 0 radical (unpaired) electrons. The molecule has 3 saturated carbocycles. The van der Waals surface area contributed by atoms with Crippen LogP contribution >= 0.6 is 0 Å². The van der Waals surface area contributed by atoms with Crippen molar-refractivity contribution in [1.29, 1.82) is 0 Å². The standard InChI is InChI=1S/C26H29NO/c1-24-10-8-22-19(21(24)6-5-20(24)17-4-3-13-27-16-17)15-26(11-12-26)23-14-18(28)7-9-25(22,23)2/h3-6,13-14,16,19,22H,7-12,15H2,1-2H3/t19-,22-,24+,25+/m0/s1. The van der Waals surface area contributed by atoms with E-state index in [0.29, 0.717) is 23.0 Å². The lowest BCUT2D eigenvalue weighted by Gasteiger charge is -2.58. The molecule has 2 nitrogen and oxygen atoms in total. The SMILES string of the molecule is C[C@]12CC[C@H]3[C@@H](CC4(CC4)C4=CC(=O)CC[C@@]43C)C1=CC=C2c1cccnc1. The summed E-state index contributed by atoms with van der Waals surface area (Å²) in [6.45, 7) is 4.97. The molecular weight excluding hydrogens is 342 g/mol. The molecular formula is C26H29NO. The summed E-state index contributed by atoms with van der Waals surface area (Å²) in [5, 5.41) is 0. The maximum atomic E-state index is 12.3. The maximum absolute atomic E-state index is 12.3. The van der Waals surface area contributed by atoms with E-state index in [-0.39, 0.29) is 10.8 Å². The zero-order valence-electron chi connectivity index (χ0n) is 17.0. The van der Waals surface area contributed by atoms with Crippen LogP contribution in [-0.4, -0.2) is 10.8 Å². The smallest absolute Gasteiger partial charge is 0.155 e. The quantitative estimate of drug-likeness (QED) is 0.613. The molecule has 1 spiro atoms. The molecule has 2 heteroatoms. The van der Waals surface area contributed by atoms with E-state index in [1.807, 2.05) is 12.4 Å². The van der Waals surface area contributed by atoms with E-state index in [0.717, 1.165) is 12.8 Å². The third kappa shape index (κ3) is 2.04. The van der Waals surface area contributed by atoms with Gasteiger partial charge in [0.05, 0.1) is 0 Å². The molecule has 1 aromatic heterocycles. The van der Waals surface area contributed by atoms with Crippen LogP contribution < -0.4 is 0 Å². The Morgan fingerprint density at radius 2 is 1.96 bits per heavy atom. The molecule has 3 fully saturated rings. The highest BCUT2D eigenvalue weighted by molar-refractivity contribution is 5.92. The lowest BCUT2D eigenvalue weighted by molar-refractivity contribution is -0.116. The Balaban J connectivity index is 1.41. The summed E-state index contributed by atoms with van der Waals surface area (Å²) < 4.78 is 0. The number of aromatic nitrogens is 1. The first-order valence-electron chi connectivity index (χ1n) is 11.1. The molecule has 0 bridgehead atoms. The highest BCUT2D eigenvalue weighted by atomic mass is 16.1. The van der Waals surface area contributed by atoms with Crippen molar-refractivity contribution in [2.45, 2.75) is 58.8 Å². The fourth-order valence-electron chi connectivity index (χ4n) is 7.54. The van der Waals surface area contributed by atoms with Crippen molar-refractivity contribution in [3.05, 3.63) is 59.5 Å². The first kappa shape index (κ1) is 16.9. The maximum Gasteiger partial charge on any atom is 0.155 e. The lowest BCUT2D eigenvalue weighted by atomic mass is 9.45. The number of carbonyl (C=O) groups is 1. The minimum Gasteiger partial charge on any atom is -0.295 e. The molecule has 0 saturated heterocycles. The highest BCUT2D eigenvalue weighted by Gasteiger charge is 2.64. The number of hydrogen-bond acceptors (Lipinski definition) is 2. The van der Waals surface area contributed by atoms with Gasteiger partial charge in [0.25, 0.3) is 0 Å². The van der Waals surface area contributed by atoms with E-state index >= 15 is 0 Å². The fourth-order valence-corrected chi connectivity index (χ4v) is 7.54. The molecule has 0 unspecified atom stereocenters. The molecule has 28 heavy (non-hydrogen) atoms. The summed E-state index contributed by atoms with van der Waals surface area (Å²) in [6, 6.07) is 4.27. The van der Waals surface area contributed by atoms with E-state index in [9.17, 15) is 4.79 Å². The summed E-state index contributed by atoms with van der Waals surface area (Å²) in [5.74, 6) is 1.74. The Kier molecular flexibility index (Phi) is 3.23. The van der Waals surface area contributed by atoms with Gasteiger partial charge < -0.3 is 0 Å². The Morgan fingerprint density at radius 3 is 2.71 bits per heavy atom. The predicted molar refractivity (Wildman–Crippen MR) is 111 cm³/mol. The van der Waals surface area contributed by atoms with Crippen molar-refractivity contribution in [1.82, 2.24) is 4.98 Å². The van der Waals surface area contributed by atoms with Gasteiger partial charge >= 0.3 is 0 Å². The predicted octanol–water partition coefficient (Wildman–Crippen LogP) is 5.92. The van der Waals surface area contributed by atoms with Gasteiger partial charge in [0, 0.05) is 24.2 Å². The first-order chi connectivity index (χ1) is 13.5. The second kappa shape index (κ2) is 5.34. The average molecular weight is 372 g/mol. The second-order valence-corrected chi connectivity index (χ2v) is 10.5. The molecule has 0 amide bonds. The van der Waals surface area contributed by atoms with Crippen molar-refractivity contribution in [3.8, 4) is 0 Å². The van der Waals surface area contributed by atoms with Crippen LogP contribution in [0.2, 0.25) is 0 Å². The largest absolute Gasteiger partial charge is 0.295 e. The van der Waals surface area contributed by atoms with Crippen molar-refractivity contribution in [3.63, 3.8) is 0 Å². The first-order valence-corrected chi connectivity index (χ1v) is 11.1. The number of pyridine rings is 1. The molecule has 4 atom stereocenters. The van der Waals surface area contributed by atoms with Crippen molar-refractivity contribution >= 4 is 11.4 Å². The van der Waals surface area contributed by atoms with Gasteiger partial charge in [-0.25, -0.2) is 0 Å². The summed E-state index contributed by atoms with van der Waals surface area (Å²) >= 11 is 0. The lowest BCUT2D eigenvalue weighted by Crippen LogP contribution is -2.50. The van der Waals surface area contributed by atoms with E-state index in [1.165, 1.54) is 43.2 Å². The van der Waals surface area contributed by atoms with Crippen molar-refractivity contribution < 1.29 is 4.79 Å². The number of fused-ring (bicyclic) bond motifs is 6. The van der Waals surface area contributed by atoms with Gasteiger partial charge in [-0.1, -0.05) is 43.2 Å². The third-order valence-corrected chi connectivity index (χ3v) is 9.14. The monoisotopic (exact) mass is 371 g/mol. The summed E-state index contributed by atoms with van der Waals surface area (Å²) in [4.78, 5) is 16.6. The van der Waals surface area contributed by atoms with Crippen LogP contribution in [0.5, 0.6) is 0 Å². The van der Waals surface area contributed by atoms with Crippen LogP contribution in [0.25, 0.3) is 5.57 Å². The molecule has 6 rings (SSSR count). The number of nitrogens with zero attached hydrogens (tertiary/aromatic N) is 1. The number of hydrogen-bond donors (Lipinski definition) is 0. The highest BCUT2D eigenvalue weighted by Crippen LogP contribution is 2.74. The Labute approximate surface area is 167 Å². The Morgan fingerprint density at radius 1 is 1.11 bits per heavy atom. The molecule has 5 aliphatic carbocycles. The van der Waals surface area contributed by atoms with E-state index in [4.69, 9.17) is 0 Å².